The number of amides is 1. The van der Waals surface area contributed by atoms with E-state index in [9.17, 15) is 13.6 Å². The number of aryl methyl sites for hydroxylation is 1. The Bertz CT molecular complexity index is 1100. The summed E-state index contributed by atoms with van der Waals surface area (Å²) in [7, 11) is 0. The molecule has 2 aliphatic rings. The van der Waals surface area contributed by atoms with Crippen molar-refractivity contribution < 1.29 is 13.6 Å². The van der Waals surface area contributed by atoms with E-state index in [1.807, 2.05) is 27.8 Å². The quantitative estimate of drug-likeness (QED) is 0.644. The Labute approximate surface area is 179 Å². The van der Waals surface area contributed by atoms with Crippen LogP contribution in [-0.2, 0) is 13.0 Å². The zero-order valence-electron chi connectivity index (χ0n) is 17.2. The first kappa shape index (κ1) is 19.7. The Balaban J connectivity index is 1.25. The molecule has 160 valence electrons. The van der Waals surface area contributed by atoms with Crippen LogP contribution < -0.4 is 4.90 Å². The Kier molecular flexibility index (Phi) is 5.18. The van der Waals surface area contributed by atoms with Gasteiger partial charge in [-0.25, -0.2) is 13.8 Å². The normalized spacial score (nSPS) is 18.7. The van der Waals surface area contributed by atoms with Gasteiger partial charge in [0, 0.05) is 51.3 Å². The van der Waals surface area contributed by atoms with Crippen LogP contribution in [0, 0.1) is 11.6 Å². The van der Waals surface area contributed by atoms with Crippen molar-refractivity contribution in [1.29, 1.82) is 0 Å². The number of piperazine rings is 1. The first-order valence-electron chi connectivity index (χ1n) is 10.7. The van der Waals surface area contributed by atoms with Crippen LogP contribution in [0.3, 0.4) is 0 Å². The molecule has 3 heterocycles. The molecule has 5 nitrogen and oxygen atoms in total. The van der Waals surface area contributed by atoms with Gasteiger partial charge in [0.1, 0.15) is 23.2 Å². The lowest BCUT2D eigenvalue weighted by Crippen LogP contribution is -2.49. The molecule has 1 fully saturated rings. The van der Waals surface area contributed by atoms with Gasteiger partial charge in [-0.15, -0.1) is 0 Å². The van der Waals surface area contributed by atoms with Gasteiger partial charge in [0.15, 0.2) is 0 Å². The highest BCUT2D eigenvalue weighted by molar-refractivity contribution is 5.92. The summed E-state index contributed by atoms with van der Waals surface area (Å²) in [6.45, 7) is 2.92. The number of aromatic nitrogens is 2. The molecule has 1 aromatic heterocycles. The lowest BCUT2D eigenvalue weighted by molar-refractivity contribution is 0.0741. The number of imidazole rings is 1. The van der Waals surface area contributed by atoms with Gasteiger partial charge in [-0.1, -0.05) is 24.3 Å². The zero-order valence-corrected chi connectivity index (χ0v) is 17.2. The van der Waals surface area contributed by atoms with Gasteiger partial charge in [-0.2, -0.15) is 0 Å². The standard InChI is InChI=1S/C24H24F2N4O/c25-19-5-3-4-17(14-19)18-8-9-23-27-21(16-30(23)15-18)24(31)29-12-10-28(11-13-29)22-7-2-1-6-20(22)26/h1-7,14,16,18H,8-13,15H2/t18-/m1/s1. The number of anilines is 1. The number of hydrogen-bond donors (Lipinski definition) is 0. The second-order valence-corrected chi connectivity index (χ2v) is 8.22. The molecule has 31 heavy (non-hydrogen) atoms. The molecule has 0 aliphatic carbocycles. The van der Waals surface area contributed by atoms with E-state index in [0.29, 0.717) is 44.1 Å². The summed E-state index contributed by atoms with van der Waals surface area (Å²) in [5, 5.41) is 0. The molecule has 1 amide bonds. The van der Waals surface area contributed by atoms with Crippen molar-refractivity contribution >= 4 is 11.6 Å². The molecule has 5 rings (SSSR count). The van der Waals surface area contributed by atoms with Gasteiger partial charge in [0.2, 0.25) is 0 Å². The number of rotatable bonds is 3. The van der Waals surface area contributed by atoms with E-state index in [2.05, 4.69) is 4.98 Å². The molecule has 0 saturated carbocycles. The van der Waals surface area contributed by atoms with E-state index in [1.54, 1.807) is 29.2 Å². The van der Waals surface area contributed by atoms with Crippen LogP contribution in [-0.4, -0.2) is 46.5 Å². The zero-order chi connectivity index (χ0) is 21.4. The van der Waals surface area contributed by atoms with E-state index in [0.717, 1.165) is 24.2 Å². The molecular weight excluding hydrogens is 398 g/mol. The van der Waals surface area contributed by atoms with Crippen molar-refractivity contribution in [1.82, 2.24) is 14.5 Å². The van der Waals surface area contributed by atoms with E-state index in [1.165, 1.54) is 12.1 Å². The molecule has 0 unspecified atom stereocenters. The van der Waals surface area contributed by atoms with E-state index >= 15 is 0 Å². The second kappa shape index (κ2) is 8.13. The number of nitrogens with zero attached hydrogens (tertiary/aromatic N) is 4. The van der Waals surface area contributed by atoms with E-state index in [4.69, 9.17) is 0 Å². The number of para-hydroxylation sites is 1. The molecule has 1 saturated heterocycles. The Morgan fingerprint density at radius 2 is 1.81 bits per heavy atom. The van der Waals surface area contributed by atoms with Gasteiger partial charge in [0.25, 0.3) is 5.91 Å². The highest BCUT2D eigenvalue weighted by Crippen LogP contribution is 2.29. The average Bonchev–Trinajstić information content (AvgIpc) is 3.22. The summed E-state index contributed by atoms with van der Waals surface area (Å²) >= 11 is 0. The topological polar surface area (TPSA) is 41.4 Å². The van der Waals surface area contributed by atoms with Crippen molar-refractivity contribution in [2.75, 3.05) is 31.1 Å². The van der Waals surface area contributed by atoms with Crippen LogP contribution in [0.4, 0.5) is 14.5 Å². The fraction of sp³-hybridized carbons (Fsp3) is 0.333. The van der Waals surface area contributed by atoms with Crippen molar-refractivity contribution in [3.05, 3.63) is 83.4 Å². The maximum absolute atomic E-state index is 14.0. The van der Waals surface area contributed by atoms with Crippen LogP contribution >= 0.6 is 0 Å². The lowest BCUT2D eigenvalue weighted by atomic mass is 9.91. The van der Waals surface area contributed by atoms with Gasteiger partial charge >= 0.3 is 0 Å². The predicted molar refractivity (Wildman–Crippen MR) is 114 cm³/mol. The van der Waals surface area contributed by atoms with Crippen LogP contribution in [0.5, 0.6) is 0 Å². The SMILES string of the molecule is O=C(c1cn2c(n1)CC[C@@H](c1cccc(F)c1)C2)N1CCN(c2ccccc2F)CC1. The van der Waals surface area contributed by atoms with E-state index in [-0.39, 0.29) is 23.5 Å². The maximum Gasteiger partial charge on any atom is 0.274 e. The fourth-order valence-electron chi connectivity index (χ4n) is 4.60. The van der Waals surface area contributed by atoms with Crippen LogP contribution in [0.2, 0.25) is 0 Å². The number of fused-ring (bicyclic) bond motifs is 1. The van der Waals surface area contributed by atoms with Gasteiger partial charge in [-0.05, 0) is 36.2 Å². The first-order chi connectivity index (χ1) is 15.1. The summed E-state index contributed by atoms with van der Waals surface area (Å²) < 4.78 is 29.7. The Morgan fingerprint density at radius 3 is 2.58 bits per heavy atom. The van der Waals surface area contributed by atoms with Crippen molar-refractivity contribution in [3.63, 3.8) is 0 Å². The summed E-state index contributed by atoms with van der Waals surface area (Å²) in [6, 6.07) is 13.5. The number of carbonyl (C=O) groups is 1. The summed E-state index contributed by atoms with van der Waals surface area (Å²) in [5.74, 6) is 0.569. The van der Waals surface area contributed by atoms with Crippen LogP contribution in [0.25, 0.3) is 0 Å². The number of halogens is 2. The molecule has 7 heteroatoms. The average molecular weight is 422 g/mol. The lowest BCUT2D eigenvalue weighted by Gasteiger charge is -2.35. The van der Waals surface area contributed by atoms with Crippen molar-refractivity contribution in [3.8, 4) is 0 Å². The smallest absolute Gasteiger partial charge is 0.274 e. The minimum atomic E-state index is -0.239. The Morgan fingerprint density at radius 1 is 1.00 bits per heavy atom. The highest BCUT2D eigenvalue weighted by atomic mass is 19.1. The predicted octanol–water partition coefficient (Wildman–Crippen LogP) is 3.85. The molecule has 0 spiro atoms. The van der Waals surface area contributed by atoms with Crippen molar-refractivity contribution in [2.24, 2.45) is 0 Å². The minimum absolute atomic E-state index is 0.0858. The van der Waals surface area contributed by atoms with Gasteiger partial charge in [-0.3, -0.25) is 4.79 Å². The van der Waals surface area contributed by atoms with Crippen LogP contribution in [0.15, 0.2) is 54.7 Å². The fourth-order valence-corrected chi connectivity index (χ4v) is 4.60. The van der Waals surface area contributed by atoms with Crippen LogP contribution in [0.1, 0.15) is 34.2 Å². The molecule has 3 aromatic rings. The molecule has 0 radical (unpaired) electrons. The second-order valence-electron chi connectivity index (χ2n) is 8.22. The molecule has 0 N–H and O–H groups in total. The minimum Gasteiger partial charge on any atom is -0.366 e. The summed E-state index contributed by atoms with van der Waals surface area (Å²) in [4.78, 5) is 21.4. The number of carbonyl (C=O) groups excluding carboxylic acids is 1. The third kappa shape index (κ3) is 3.92. The molecule has 2 aromatic carbocycles. The molecule has 1 atom stereocenters. The molecular formula is C24H24F2N4O. The largest absolute Gasteiger partial charge is 0.366 e. The third-order valence-electron chi connectivity index (χ3n) is 6.29. The first-order valence-corrected chi connectivity index (χ1v) is 10.7. The van der Waals surface area contributed by atoms with Crippen molar-refractivity contribution in [2.45, 2.75) is 25.3 Å². The van der Waals surface area contributed by atoms with Gasteiger partial charge in [0.05, 0.1) is 5.69 Å². The van der Waals surface area contributed by atoms with Gasteiger partial charge < -0.3 is 14.4 Å². The monoisotopic (exact) mass is 422 g/mol. The highest BCUT2D eigenvalue weighted by Gasteiger charge is 2.28. The molecule has 2 aliphatic heterocycles. The third-order valence-corrected chi connectivity index (χ3v) is 6.29. The molecule has 0 bridgehead atoms. The summed E-state index contributed by atoms with van der Waals surface area (Å²) in [5.41, 5.74) is 2.01. The number of hydrogen-bond acceptors (Lipinski definition) is 3. The van der Waals surface area contributed by atoms with E-state index < -0.39 is 0 Å². The Hall–Kier alpha value is -3.22. The summed E-state index contributed by atoms with van der Waals surface area (Å²) in [6.07, 6.45) is 3.47. The maximum atomic E-state index is 14.0. The number of benzene rings is 2.